The molecule has 0 aliphatic rings. The van der Waals surface area contributed by atoms with Crippen LogP contribution in [0.4, 0.5) is 4.39 Å². The van der Waals surface area contributed by atoms with Gasteiger partial charge in [-0.2, -0.15) is 0 Å². The molecule has 2 rings (SSSR count). The number of hydrogen-bond acceptors (Lipinski definition) is 2. The summed E-state index contributed by atoms with van der Waals surface area (Å²) in [5.74, 6) is 1.24. The maximum Gasteiger partial charge on any atom is 0.126 e. The number of rotatable bonds is 6. The van der Waals surface area contributed by atoms with Crippen LogP contribution in [0.1, 0.15) is 30.9 Å². The van der Waals surface area contributed by atoms with E-state index in [2.05, 4.69) is 29.1 Å². The number of aromatic nitrogens is 2. The number of imidazole rings is 1. The Morgan fingerprint density at radius 2 is 2.11 bits per heavy atom. The molecule has 2 N–H and O–H groups in total. The Labute approximate surface area is 113 Å². The quantitative estimate of drug-likeness (QED) is 0.839. The molecule has 0 bridgehead atoms. The largest absolute Gasteiger partial charge is 0.345 e. The van der Waals surface area contributed by atoms with Gasteiger partial charge < -0.3 is 10.3 Å². The lowest BCUT2D eigenvalue weighted by Crippen LogP contribution is -2.19. The average Bonchev–Trinajstić information content (AvgIpc) is 2.79. The van der Waals surface area contributed by atoms with Crippen molar-refractivity contribution in [1.29, 1.82) is 0 Å². The zero-order valence-electron chi connectivity index (χ0n) is 11.4. The van der Waals surface area contributed by atoms with Crippen LogP contribution >= 0.6 is 0 Å². The van der Waals surface area contributed by atoms with Crippen LogP contribution in [-0.2, 0) is 13.0 Å². The Morgan fingerprint density at radius 3 is 2.84 bits per heavy atom. The summed E-state index contributed by atoms with van der Waals surface area (Å²) in [5.41, 5.74) is 1.70. The van der Waals surface area contributed by atoms with Gasteiger partial charge in [-0.15, -0.1) is 0 Å². The number of benzene rings is 1. The molecule has 2 aromatic rings. The first-order valence-electron chi connectivity index (χ1n) is 6.62. The lowest BCUT2D eigenvalue weighted by molar-refractivity contribution is 0.548. The molecule has 0 radical (unpaired) electrons. The van der Waals surface area contributed by atoms with E-state index in [0.29, 0.717) is 17.9 Å². The molecule has 0 saturated heterocycles. The summed E-state index contributed by atoms with van der Waals surface area (Å²) in [7, 11) is 0. The molecule has 0 aliphatic carbocycles. The fourth-order valence-electron chi connectivity index (χ4n) is 1.90. The predicted molar refractivity (Wildman–Crippen MR) is 74.3 cm³/mol. The summed E-state index contributed by atoms with van der Waals surface area (Å²) in [5, 5.41) is 3.34. The van der Waals surface area contributed by atoms with Crippen LogP contribution in [0, 0.1) is 11.7 Å². The molecule has 0 fully saturated rings. The number of aromatic amines is 1. The summed E-state index contributed by atoms with van der Waals surface area (Å²) < 4.78 is 13.5. The number of hydrogen-bond donors (Lipinski definition) is 2. The van der Waals surface area contributed by atoms with Crippen LogP contribution < -0.4 is 5.32 Å². The van der Waals surface area contributed by atoms with E-state index in [1.807, 2.05) is 12.3 Å². The van der Waals surface area contributed by atoms with Crippen molar-refractivity contribution in [2.45, 2.75) is 26.8 Å². The van der Waals surface area contributed by atoms with Gasteiger partial charge >= 0.3 is 0 Å². The molecule has 1 heterocycles. The van der Waals surface area contributed by atoms with E-state index < -0.39 is 0 Å². The molecule has 1 aromatic carbocycles. The van der Waals surface area contributed by atoms with E-state index in [-0.39, 0.29) is 5.82 Å². The van der Waals surface area contributed by atoms with E-state index in [0.717, 1.165) is 24.6 Å². The van der Waals surface area contributed by atoms with Gasteiger partial charge in [-0.1, -0.05) is 32.0 Å². The van der Waals surface area contributed by atoms with Crippen LogP contribution in [0.2, 0.25) is 0 Å². The van der Waals surface area contributed by atoms with Crippen LogP contribution in [0.3, 0.4) is 0 Å². The molecule has 0 atom stereocenters. The first-order chi connectivity index (χ1) is 9.15. The number of nitrogens with one attached hydrogen (secondary N) is 2. The predicted octanol–water partition coefficient (Wildman–Crippen LogP) is 2.89. The van der Waals surface area contributed by atoms with Crippen molar-refractivity contribution in [3.8, 4) is 0 Å². The van der Waals surface area contributed by atoms with Gasteiger partial charge in [0.15, 0.2) is 0 Å². The highest BCUT2D eigenvalue weighted by Gasteiger charge is 2.05. The zero-order valence-corrected chi connectivity index (χ0v) is 11.4. The smallest absolute Gasteiger partial charge is 0.126 e. The Bertz CT molecular complexity index is 520. The van der Waals surface area contributed by atoms with Crippen LogP contribution in [-0.4, -0.2) is 16.5 Å². The Kier molecular flexibility index (Phi) is 4.68. The Balaban J connectivity index is 1.92. The molecular weight excluding hydrogens is 241 g/mol. The summed E-state index contributed by atoms with van der Waals surface area (Å²) >= 11 is 0. The molecule has 1 aromatic heterocycles. The van der Waals surface area contributed by atoms with Gasteiger partial charge in [0.2, 0.25) is 0 Å². The number of nitrogens with zero attached hydrogens (tertiary/aromatic N) is 1. The summed E-state index contributed by atoms with van der Waals surface area (Å²) in [4.78, 5) is 7.51. The van der Waals surface area contributed by atoms with Gasteiger partial charge in [-0.25, -0.2) is 9.37 Å². The van der Waals surface area contributed by atoms with Crippen LogP contribution in [0.25, 0.3) is 0 Å². The highest BCUT2D eigenvalue weighted by atomic mass is 19.1. The second-order valence-electron chi connectivity index (χ2n) is 5.15. The van der Waals surface area contributed by atoms with E-state index in [4.69, 9.17) is 0 Å². The first-order valence-corrected chi connectivity index (χ1v) is 6.62. The topological polar surface area (TPSA) is 40.7 Å². The van der Waals surface area contributed by atoms with Crippen LogP contribution in [0.15, 0.2) is 30.5 Å². The molecule has 0 unspecified atom stereocenters. The van der Waals surface area contributed by atoms with Gasteiger partial charge in [-0.05, 0) is 24.1 Å². The number of H-pyrrole nitrogens is 1. The van der Waals surface area contributed by atoms with E-state index in [9.17, 15) is 4.39 Å². The van der Waals surface area contributed by atoms with E-state index in [1.54, 1.807) is 12.1 Å². The normalized spacial score (nSPS) is 11.2. The van der Waals surface area contributed by atoms with E-state index in [1.165, 1.54) is 6.07 Å². The zero-order chi connectivity index (χ0) is 13.7. The number of halogens is 1. The third-order valence-electron chi connectivity index (χ3n) is 2.86. The SMILES string of the molecule is CC(C)CNCc1cnc(Cc2ccccc2F)[nH]1. The lowest BCUT2D eigenvalue weighted by Gasteiger charge is -2.05. The molecule has 0 aliphatic heterocycles. The molecular formula is C15H20FN3. The minimum absolute atomic E-state index is 0.182. The molecule has 0 saturated carbocycles. The van der Waals surface area contributed by atoms with Crippen molar-refractivity contribution in [2.24, 2.45) is 5.92 Å². The highest BCUT2D eigenvalue weighted by Crippen LogP contribution is 2.11. The van der Waals surface area contributed by atoms with Crippen LogP contribution in [0.5, 0.6) is 0 Å². The highest BCUT2D eigenvalue weighted by molar-refractivity contribution is 5.21. The summed E-state index contributed by atoms with van der Waals surface area (Å²) in [6.07, 6.45) is 2.31. The van der Waals surface area contributed by atoms with Gasteiger partial charge in [0, 0.05) is 24.9 Å². The molecule has 0 amide bonds. The maximum absolute atomic E-state index is 13.5. The monoisotopic (exact) mass is 261 g/mol. The first kappa shape index (κ1) is 13.7. The van der Waals surface area contributed by atoms with Gasteiger partial charge in [0.25, 0.3) is 0 Å². The van der Waals surface area contributed by atoms with Crippen molar-refractivity contribution in [1.82, 2.24) is 15.3 Å². The standard InChI is InChI=1S/C15H20FN3/c1-11(2)8-17-9-13-10-18-15(19-13)7-12-5-3-4-6-14(12)16/h3-6,10-11,17H,7-9H2,1-2H3,(H,18,19). The van der Waals surface area contributed by atoms with Crippen molar-refractivity contribution >= 4 is 0 Å². The van der Waals surface area contributed by atoms with E-state index >= 15 is 0 Å². The fraction of sp³-hybridized carbons (Fsp3) is 0.400. The van der Waals surface area contributed by atoms with Gasteiger partial charge in [0.1, 0.15) is 11.6 Å². The summed E-state index contributed by atoms with van der Waals surface area (Å²) in [6, 6.07) is 6.80. The molecule has 0 spiro atoms. The average molecular weight is 261 g/mol. The lowest BCUT2D eigenvalue weighted by atomic mass is 10.1. The molecule has 102 valence electrons. The second kappa shape index (κ2) is 6.48. The molecule has 3 nitrogen and oxygen atoms in total. The molecule has 4 heteroatoms. The van der Waals surface area contributed by atoms with Crippen molar-refractivity contribution < 1.29 is 4.39 Å². The second-order valence-corrected chi connectivity index (χ2v) is 5.15. The Hall–Kier alpha value is -1.68. The minimum Gasteiger partial charge on any atom is -0.345 e. The maximum atomic E-state index is 13.5. The third kappa shape index (κ3) is 4.17. The molecule has 19 heavy (non-hydrogen) atoms. The van der Waals surface area contributed by atoms with Gasteiger partial charge in [0.05, 0.1) is 0 Å². The van der Waals surface area contributed by atoms with Crippen molar-refractivity contribution in [3.05, 3.63) is 53.4 Å². The Morgan fingerprint density at radius 1 is 1.32 bits per heavy atom. The minimum atomic E-state index is -0.182. The third-order valence-corrected chi connectivity index (χ3v) is 2.86. The fourth-order valence-corrected chi connectivity index (χ4v) is 1.90. The van der Waals surface area contributed by atoms with Gasteiger partial charge in [-0.3, -0.25) is 0 Å². The van der Waals surface area contributed by atoms with Crippen molar-refractivity contribution in [3.63, 3.8) is 0 Å². The summed E-state index contributed by atoms with van der Waals surface area (Å²) in [6.45, 7) is 6.08. The van der Waals surface area contributed by atoms with Crippen molar-refractivity contribution in [2.75, 3.05) is 6.54 Å².